The van der Waals surface area contributed by atoms with Crippen molar-refractivity contribution in [2.45, 2.75) is 18.2 Å². The van der Waals surface area contributed by atoms with Crippen molar-refractivity contribution in [3.63, 3.8) is 0 Å². The summed E-state index contributed by atoms with van der Waals surface area (Å²) in [6.45, 7) is 0. The number of thiophene rings is 2. The number of fused-ring (bicyclic) bond motifs is 2. The van der Waals surface area contributed by atoms with Gasteiger partial charge < -0.3 is 0 Å². The second kappa shape index (κ2) is 2.80. The lowest BCUT2D eigenvalue weighted by Gasteiger charge is -2.09. The normalized spacial score (nSPS) is 14.0. The Morgan fingerprint density at radius 2 is 1.33 bits per heavy atom. The SMILES string of the molecule is c1cc2c(s1)Sc1sccc1S2. The summed E-state index contributed by atoms with van der Waals surface area (Å²) in [5, 5.41) is 4.34. The zero-order valence-electron chi connectivity index (χ0n) is 5.94. The summed E-state index contributed by atoms with van der Waals surface area (Å²) < 4.78 is 2.91. The molecule has 3 rings (SSSR count). The average Bonchev–Trinajstić information content (AvgIpc) is 2.64. The van der Waals surface area contributed by atoms with E-state index in [4.69, 9.17) is 0 Å². The minimum Gasteiger partial charge on any atom is -0.136 e. The summed E-state index contributed by atoms with van der Waals surface area (Å²) in [7, 11) is 0. The minimum absolute atomic E-state index is 1.43. The van der Waals surface area contributed by atoms with Gasteiger partial charge in [0.25, 0.3) is 0 Å². The number of hydrogen-bond donors (Lipinski definition) is 0. The maximum atomic E-state index is 2.21. The smallest absolute Gasteiger partial charge is 0.0794 e. The molecule has 0 saturated heterocycles. The van der Waals surface area contributed by atoms with Crippen molar-refractivity contribution in [1.82, 2.24) is 0 Å². The summed E-state index contributed by atoms with van der Waals surface area (Å²) in [6, 6.07) is 4.41. The second-order valence-electron chi connectivity index (χ2n) is 2.35. The molecule has 60 valence electrons. The van der Waals surface area contributed by atoms with Gasteiger partial charge in [0.2, 0.25) is 0 Å². The van der Waals surface area contributed by atoms with Crippen LogP contribution in [0, 0.1) is 0 Å². The van der Waals surface area contributed by atoms with Crippen molar-refractivity contribution < 1.29 is 0 Å². The fourth-order valence-electron chi connectivity index (χ4n) is 1.07. The Kier molecular flexibility index (Phi) is 1.75. The van der Waals surface area contributed by atoms with Gasteiger partial charge in [0, 0.05) is 9.79 Å². The molecule has 0 saturated carbocycles. The zero-order valence-corrected chi connectivity index (χ0v) is 9.21. The summed E-state index contributed by atoms with van der Waals surface area (Å²) in [6.07, 6.45) is 0. The Labute approximate surface area is 87.0 Å². The molecule has 0 N–H and O–H groups in total. The molecule has 0 nitrogen and oxygen atoms in total. The maximum Gasteiger partial charge on any atom is 0.0794 e. The summed E-state index contributed by atoms with van der Waals surface area (Å²) in [5.74, 6) is 0. The van der Waals surface area contributed by atoms with Crippen LogP contribution in [0.5, 0.6) is 0 Å². The van der Waals surface area contributed by atoms with Gasteiger partial charge in [-0.3, -0.25) is 0 Å². The Balaban J connectivity index is 2.15. The monoisotopic (exact) mass is 228 g/mol. The molecule has 2 aromatic rings. The maximum absolute atomic E-state index is 2.21. The molecular weight excluding hydrogens is 224 g/mol. The van der Waals surface area contributed by atoms with Gasteiger partial charge in [0.1, 0.15) is 0 Å². The molecule has 0 aromatic carbocycles. The summed E-state index contributed by atoms with van der Waals surface area (Å²) in [4.78, 5) is 2.85. The Morgan fingerprint density at radius 3 is 1.92 bits per heavy atom. The molecule has 1 aliphatic heterocycles. The van der Waals surface area contributed by atoms with Crippen molar-refractivity contribution in [2.75, 3.05) is 0 Å². The molecule has 12 heavy (non-hydrogen) atoms. The third kappa shape index (κ3) is 1.06. The number of hydrogen-bond acceptors (Lipinski definition) is 4. The first-order chi connectivity index (χ1) is 5.93. The van der Waals surface area contributed by atoms with Crippen LogP contribution in [0.1, 0.15) is 0 Å². The van der Waals surface area contributed by atoms with Crippen molar-refractivity contribution >= 4 is 46.2 Å². The molecular formula is C8H4S4. The summed E-state index contributed by atoms with van der Waals surface area (Å²) >= 11 is 7.49. The van der Waals surface area contributed by atoms with Crippen LogP contribution in [0.2, 0.25) is 0 Å². The van der Waals surface area contributed by atoms with Crippen LogP contribution in [0.25, 0.3) is 0 Å². The van der Waals surface area contributed by atoms with Gasteiger partial charge in [-0.1, -0.05) is 23.5 Å². The quantitative estimate of drug-likeness (QED) is 0.558. The molecule has 0 bridgehead atoms. The molecule has 4 heteroatoms. The van der Waals surface area contributed by atoms with Gasteiger partial charge in [0.05, 0.1) is 8.42 Å². The largest absolute Gasteiger partial charge is 0.136 e. The zero-order chi connectivity index (χ0) is 7.97. The lowest BCUT2D eigenvalue weighted by Crippen LogP contribution is -1.77. The summed E-state index contributed by atoms with van der Waals surface area (Å²) in [5.41, 5.74) is 0. The molecule has 3 heterocycles. The molecule has 2 aromatic heterocycles. The molecule has 0 radical (unpaired) electrons. The van der Waals surface area contributed by atoms with E-state index in [1.807, 2.05) is 46.2 Å². The van der Waals surface area contributed by atoms with E-state index >= 15 is 0 Å². The molecule has 0 spiro atoms. The van der Waals surface area contributed by atoms with Gasteiger partial charge >= 0.3 is 0 Å². The highest BCUT2D eigenvalue weighted by molar-refractivity contribution is 8.07. The van der Waals surface area contributed by atoms with Gasteiger partial charge in [-0.2, -0.15) is 0 Å². The first-order valence-corrected chi connectivity index (χ1v) is 6.83. The Bertz CT molecular complexity index is 339. The fraction of sp³-hybridized carbons (Fsp3) is 0. The van der Waals surface area contributed by atoms with Crippen molar-refractivity contribution in [3.8, 4) is 0 Å². The molecule has 0 fully saturated rings. The van der Waals surface area contributed by atoms with Crippen LogP contribution in [0.4, 0.5) is 0 Å². The highest BCUT2D eigenvalue weighted by Gasteiger charge is 2.18. The third-order valence-electron chi connectivity index (χ3n) is 1.60. The molecule has 0 aliphatic carbocycles. The van der Waals surface area contributed by atoms with E-state index in [0.29, 0.717) is 0 Å². The fourth-order valence-corrected chi connectivity index (χ4v) is 5.86. The van der Waals surface area contributed by atoms with Gasteiger partial charge in [0.15, 0.2) is 0 Å². The van der Waals surface area contributed by atoms with E-state index in [9.17, 15) is 0 Å². The van der Waals surface area contributed by atoms with Crippen LogP contribution in [0.15, 0.2) is 41.1 Å². The molecule has 0 atom stereocenters. The second-order valence-corrected chi connectivity index (χ2v) is 6.80. The topological polar surface area (TPSA) is 0 Å². The highest BCUT2D eigenvalue weighted by Crippen LogP contribution is 2.52. The molecule has 1 aliphatic rings. The third-order valence-corrected chi connectivity index (χ3v) is 6.53. The Morgan fingerprint density at radius 1 is 0.750 bits per heavy atom. The molecule has 0 unspecified atom stereocenters. The van der Waals surface area contributed by atoms with Gasteiger partial charge in [-0.25, -0.2) is 0 Å². The van der Waals surface area contributed by atoms with Gasteiger partial charge in [-0.05, 0) is 22.9 Å². The van der Waals surface area contributed by atoms with Crippen molar-refractivity contribution in [2.24, 2.45) is 0 Å². The first-order valence-electron chi connectivity index (χ1n) is 3.44. The van der Waals surface area contributed by atoms with E-state index < -0.39 is 0 Å². The van der Waals surface area contributed by atoms with Crippen LogP contribution < -0.4 is 0 Å². The van der Waals surface area contributed by atoms with E-state index in [0.717, 1.165) is 0 Å². The van der Waals surface area contributed by atoms with E-state index in [1.165, 1.54) is 18.2 Å². The highest BCUT2D eigenvalue weighted by atomic mass is 32.2. The van der Waals surface area contributed by atoms with Crippen LogP contribution >= 0.6 is 46.2 Å². The average molecular weight is 228 g/mol. The van der Waals surface area contributed by atoms with E-state index in [1.54, 1.807) is 0 Å². The van der Waals surface area contributed by atoms with Crippen LogP contribution in [0.3, 0.4) is 0 Å². The van der Waals surface area contributed by atoms with E-state index in [-0.39, 0.29) is 0 Å². The van der Waals surface area contributed by atoms with Crippen LogP contribution in [-0.2, 0) is 0 Å². The first kappa shape index (κ1) is 7.50. The van der Waals surface area contributed by atoms with Crippen LogP contribution in [-0.4, -0.2) is 0 Å². The molecule has 0 amide bonds. The lowest BCUT2D eigenvalue weighted by molar-refractivity contribution is 1.29. The van der Waals surface area contributed by atoms with Crippen molar-refractivity contribution in [1.29, 1.82) is 0 Å². The number of rotatable bonds is 0. The van der Waals surface area contributed by atoms with Gasteiger partial charge in [-0.15, -0.1) is 22.7 Å². The van der Waals surface area contributed by atoms with Crippen molar-refractivity contribution in [3.05, 3.63) is 22.9 Å². The lowest BCUT2D eigenvalue weighted by atomic mass is 10.6. The Hall–Kier alpha value is 0.1000. The minimum atomic E-state index is 1.43. The standard InChI is InChI=1S/C8H4S4/c1-3-9-7-5(1)11-6-2-4-10-8(6)12-7/h1-4H. The predicted octanol–water partition coefficient (Wildman–Crippen LogP) is 4.43. The predicted molar refractivity (Wildman–Crippen MR) is 56.9 cm³/mol. The van der Waals surface area contributed by atoms with E-state index in [2.05, 4.69) is 22.9 Å².